The number of hydrogen-bond acceptors (Lipinski definition) is 4. The molecule has 0 aliphatic carbocycles. The van der Waals surface area contributed by atoms with Gasteiger partial charge in [0.1, 0.15) is 0 Å². The molecule has 2 rings (SSSR count). The minimum absolute atomic E-state index is 0.274. The Morgan fingerprint density at radius 2 is 1.35 bits per heavy atom. The van der Waals surface area contributed by atoms with E-state index in [1.54, 1.807) is 0 Å². The molecular weight excluding hydrogens is 328 g/mol. The number of alkyl halides is 1. The van der Waals surface area contributed by atoms with Gasteiger partial charge in [0.25, 0.3) is 11.4 Å². The molecule has 0 atom stereocenters. The first-order valence-corrected chi connectivity index (χ1v) is 6.65. The highest BCUT2D eigenvalue weighted by atomic mass is 79.9. The first kappa shape index (κ1) is 15.8. The van der Waals surface area contributed by atoms with Crippen LogP contribution in [0.1, 0.15) is 5.56 Å². The fourth-order valence-corrected chi connectivity index (χ4v) is 1.66. The Hall–Kier alpha value is -2.28. The van der Waals surface area contributed by atoms with Crippen molar-refractivity contribution in [1.82, 2.24) is 0 Å². The number of nitro benzene ring substituents is 2. The zero-order valence-corrected chi connectivity index (χ0v) is 11.9. The minimum Gasteiger partial charge on any atom is -0.258 e. The van der Waals surface area contributed by atoms with Crippen LogP contribution >= 0.6 is 15.9 Å². The van der Waals surface area contributed by atoms with E-state index in [0.29, 0.717) is 0 Å². The lowest BCUT2D eigenvalue weighted by Gasteiger charge is -1.90. The Labute approximate surface area is 123 Å². The molecule has 0 aliphatic rings. The van der Waals surface area contributed by atoms with Crippen molar-refractivity contribution >= 4 is 27.3 Å². The fourth-order valence-electron chi connectivity index (χ4n) is 1.29. The molecule has 0 N–H and O–H groups in total. The van der Waals surface area contributed by atoms with E-state index in [0.717, 1.165) is 11.4 Å². The molecule has 104 valence electrons. The van der Waals surface area contributed by atoms with Gasteiger partial charge in [0.05, 0.1) is 15.9 Å². The lowest BCUT2D eigenvalue weighted by molar-refractivity contribution is -0.394. The second-order valence-electron chi connectivity index (χ2n) is 3.65. The summed E-state index contributed by atoms with van der Waals surface area (Å²) in [7, 11) is 0. The smallest absolute Gasteiger partial charge is 0.258 e. The summed E-state index contributed by atoms with van der Waals surface area (Å²) < 4.78 is 0. The van der Waals surface area contributed by atoms with Crippen LogP contribution in [0.2, 0.25) is 0 Å². The van der Waals surface area contributed by atoms with Gasteiger partial charge in [0, 0.05) is 17.5 Å². The summed E-state index contributed by atoms with van der Waals surface area (Å²) in [6, 6.07) is 14.9. The molecule has 0 unspecified atom stereocenters. The summed E-state index contributed by atoms with van der Waals surface area (Å²) in [5.41, 5.74) is 0.779. The first-order valence-electron chi connectivity index (χ1n) is 5.53. The van der Waals surface area contributed by atoms with Gasteiger partial charge in [-0.2, -0.15) is 0 Å². The number of nitrogens with zero attached hydrogens (tertiary/aromatic N) is 2. The molecule has 6 nitrogen and oxygen atoms in total. The van der Waals surface area contributed by atoms with Crippen LogP contribution in [-0.2, 0) is 5.33 Å². The van der Waals surface area contributed by atoms with Crippen LogP contribution in [-0.4, -0.2) is 9.85 Å². The van der Waals surface area contributed by atoms with Gasteiger partial charge in [-0.3, -0.25) is 20.2 Å². The summed E-state index contributed by atoms with van der Waals surface area (Å²) in [5.74, 6) is 0. The van der Waals surface area contributed by atoms with Crippen LogP contribution in [0.5, 0.6) is 0 Å². The molecule has 0 fully saturated rings. The van der Waals surface area contributed by atoms with E-state index in [-0.39, 0.29) is 11.4 Å². The quantitative estimate of drug-likeness (QED) is 0.479. The Bertz CT molecular complexity index is 561. The van der Waals surface area contributed by atoms with E-state index in [1.807, 2.05) is 18.2 Å². The van der Waals surface area contributed by atoms with Crippen molar-refractivity contribution in [2.45, 2.75) is 5.33 Å². The van der Waals surface area contributed by atoms with Gasteiger partial charge < -0.3 is 0 Å². The van der Waals surface area contributed by atoms with E-state index in [1.165, 1.54) is 23.8 Å². The van der Waals surface area contributed by atoms with Crippen LogP contribution in [0.4, 0.5) is 11.4 Å². The lowest BCUT2D eigenvalue weighted by Crippen LogP contribution is -1.91. The number of benzene rings is 2. The van der Waals surface area contributed by atoms with Gasteiger partial charge in [0.2, 0.25) is 0 Å². The van der Waals surface area contributed by atoms with Crippen LogP contribution in [0.15, 0.2) is 54.6 Å². The summed E-state index contributed by atoms with van der Waals surface area (Å²) >= 11 is 3.36. The average Bonchev–Trinajstić information content (AvgIpc) is 2.49. The summed E-state index contributed by atoms with van der Waals surface area (Å²) in [5, 5.41) is 21.3. The van der Waals surface area contributed by atoms with Gasteiger partial charge in [-0.05, 0) is 11.6 Å². The zero-order valence-electron chi connectivity index (χ0n) is 10.3. The van der Waals surface area contributed by atoms with Crippen LogP contribution in [0, 0.1) is 20.2 Å². The Morgan fingerprint density at radius 1 is 0.850 bits per heavy atom. The molecule has 20 heavy (non-hydrogen) atoms. The van der Waals surface area contributed by atoms with Gasteiger partial charge >= 0.3 is 0 Å². The summed E-state index contributed by atoms with van der Waals surface area (Å²) in [6.07, 6.45) is 0. The predicted molar refractivity (Wildman–Crippen MR) is 78.8 cm³/mol. The summed E-state index contributed by atoms with van der Waals surface area (Å²) in [6.45, 7) is 0. The third kappa shape index (κ3) is 5.15. The van der Waals surface area contributed by atoms with E-state index >= 15 is 0 Å². The van der Waals surface area contributed by atoms with E-state index in [2.05, 4.69) is 28.1 Å². The molecule has 7 heteroatoms. The number of nitro groups is 2. The Kier molecular flexibility index (Phi) is 6.31. The zero-order chi connectivity index (χ0) is 15.0. The molecule has 0 heterocycles. The maximum atomic E-state index is 10.2. The second-order valence-corrected chi connectivity index (χ2v) is 4.21. The van der Waals surface area contributed by atoms with Gasteiger partial charge in [0.15, 0.2) is 0 Å². The molecule has 0 saturated carbocycles. The van der Waals surface area contributed by atoms with Gasteiger partial charge in [-0.1, -0.05) is 46.3 Å². The normalized spacial score (nSPS) is 9.25. The predicted octanol–water partition coefficient (Wildman–Crippen LogP) is 4.08. The highest BCUT2D eigenvalue weighted by molar-refractivity contribution is 9.08. The molecule has 0 bridgehead atoms. The topological polar surface area (TPSA) is 86.3 Å². The SMILES string of the molecule is BrCc1ccccc1.O=[N+]([O-])c1cccc([N+](=O)[O-])c1. The Balaban J connectivity index is 0.000000217. The van der Waals surface area contributed by atoms with Crippen LogP contribution < -0.4 is 0 Å². The van der Waals surface area contributed by atoms with Crippen molar-refractivity contribution in [1.29, 1.82) is 0 Å². The van der Waals surface area contributed by atoms with Crippen LogP contribution in [0.3, 0.4) is 0 Å². The van der Waals surface area contributed by atoms with E-state index < -0.39 is 9.85 Å². The molecule has 0 aliphatic heterocycles. The molecule has 0 amide bonds. The minimum atomic E-state index is -0.674. The Morgan fingerprint density at radius 3 is 1.70 bits per heavy atom. The van der Waals surface area contributed by atoms with E-state index in [4.69, 9.17) is 0 Å². The number of rotatable bonds is 3. The highest BCUT2D eigenvalue weighted by Gasteiger charge is 2.11. The average molecular weight is 339 g/mol. The highest BCUT2D eigenvalue weighted by Crippen LogP contribution is 2.18. The molecular formula is C13H11BrN2O4. The lowest BCUT2D eigenvalue weighted by atomic mass is 10.2. The maximum absolute atomic E-state index is 10.2. The van der Waals surface area contributed by atoms with Crippen LogP contribution in [0.25, 0.3) is 0 Å². The molecule has 0 saturated heterocycles. The van der Waals surface area contributed by atoms with Crippen molar-refractivity contribution in [3.8, 4) is 0 Å². The monoisotopic (exact) mass is 338 g/mol. The van der Waals surface area contributed by atoms with Crippen molar-refractivity contribution in [3.05, 3.63) is 80.4 Å². The third-order valence-corrected chi connectivity index (χ3v) is 2.90. The number of non-ortho nitro benzene ring substituents is 2. The molecule has 2 aromatic carbocycles. The fraction of sp³-hybridized carbons (Fsp3) is 0.0769. The molecule has 2 aromatic rings. The number of halogens is 1. The van der Waals surface area contributed by atoms with Crippen molar-refractivity contribution < 1.29 is 9.85 Å². The third-order valence-electron chi connectivity index (χ3n) is 2.25. The molecule has 0 radical (unpaired) electrons. The second kappa shape index (κ2) is 8.00. The molecule has 0 aromatic heterocycles. The standard InChI is InChI=1S/C7H7Br.C6H4N2O4/c8-6-7-4-2-1-3-5-7;9-7(10)5-2-1-3-6(4-5)8(11)12/h1-5H,6H2;1-4H. The van der Waals surface area contributed by atoms with Gasteiger partial charge in [-0.25, -0.2) is 0 Å². The number of hydrogen-bond donors (Lipinski definition) is 0. The van der Waals surface area contributed by atoms with E-state index in [9.17, 15) is 20.2 Å². The van der Waals surface area contributed by atoms with Crippen molar-refractivity contribution in [2.24, 2.45) is 0 Å². The summed E-state index contributed by atoms with van der Waals surface area (Å²) in [4.78, 5) is 19.0. The first-order chi connectivity index (χ1) is 9.54. The largest absolute Gasteiger partial charge is 0.276 e. The van der Waals surface area contributed by atoms with Crippen molar-refractivity contribution in [2.75, 3.05) is 0 Å². The van der Waals surface area contributed by atoms with Crippen molar-refractivity contribution in [3.63, 3.8) is 0 Å². The maximum Gasteiger partial charge on any atom is 0.276 e. The van der Waals surface area contributed by atoms with Gasteiger partial charge in [-0.15, -0.1) is 0 Å². The molecule has 0 spiro atoms.